The van der Waals surface area contributed by atoms with Crippen molar-refractivity contribution in [1.82, 2.24) is 4.90 Å². The molecule has 142 valence electrons. The summed E-state index contributed by atoms with van der Waals surface area (Å²) in [5.74, 6) is -1.26. The number of carbonyl (C=O) groups is 2. The summed E-state index contributed by atoms with van der Waals surface area (Å²) in [6, 6.07) is 8.25. The maximum atomic E-state index is 13.2. The monoisotopic (exact) mass is 377 g/mol. The van der Waals surface area contributed by atoms with E-state index < -0.39 is 23.1 Å². The lowest BCUT2D eigenvalue weighted by Crippen LogP contribution is -2.35. The molecule has 0 atom stereocenters. The van der Waals surface area contributed by atoms with E-state index >= 15 is 0 Å². The van der Waals surface area contributed by atoms with Crippen LogP contribution >= 0.6 is 0 Å². The number of hydrogen-bond acceptors (Lipinski definition) is 3. The minimum Gasteiger partial charge on any atom is -0.507 e. The summed E-state index contributed by atoms with van der Waals surface area (Å²) in [4.78, 5) is 25.5. The molecule has 27 heavy (non-hydrogen) atoms. The van der Waals surface area contributed by atoms with Gasteiger partial charge in [-0.2, -0.15) is 13.2 Å². The number of carbonyl (C=O) groups excluding carboxylic acids is 2. The van der Waals surface area contributed by atoms with Crippen LogP contribution in [0.1, 0.15) is 45.5 Å². The van der Waals surface area contributed by atoms with E-state index in [9.17, 15) is 27.9 Å². The van der Waals surface area contributed by atoms with Crippen LogP contribution in [-0.2, 0) is 6.18 Å². The molecule has 1 aliphatic rings. The summed E-state index contributed by atoms with van der Waals surface area (Å²) in [5, 5.41) is 9.70. The summed E-state index contributed by atoms with van der Waals surface area (Å²) < 4.78 is 39.5. The number of halogens is 3. The van der Waals surface area contributed by atoms with E-state index in [1.807, 2.05) is 0 Å². The van der Waals surface area contributed by atoms with Crippen molar-refractivity contribution >= 4 is 12.2 Å². The SMILES string of the molecule is O=Cc1cc(-c2cccc(C(=O)N3CCCCC3)c2)cc(C(F)(F)F)c1O. The number of piperidine rings is 1. The maximum Gasteiger partial charge on any atom is 0.420 e. The van der Waals surface area contributed by atoms with E-state index in [1.165, 1.54) is 12.1 Å². The van der Waals surface area contributed by atoms with Crippen LogP contribution in [0.25, 0.3) is 11.1 Å². The van der Waals surface area contributed by atoms with Crippen LogP contribution in [-0.4, -0.2) is 35.3 Å². The molecule has 0 aromatic heterocycles. The van der Waals surface area contributed by atoms with Crippen LogP contribution in [0.5, 0.6) is 5.75 Å². The van der Waals surface area contributed by atoms with Crippen LogP contribution in [0, 0.1) is 0 Å². The molecule has 7 heteroatoms. The number of benzene rings is 2. The van der Waals surface area contributed by atoms with E-state index in [-0.39, 0.29) is 17.8 Å². The molecule has 1 amide bonds. The number of phenols is 1. The van der Waals surface area contributed by atoms with E-state index in [4.69, 9.17) is 0 Å². The third kappa shape index (κ3) is 3.97. The predicted molar refractivity (Wildman–Crippen MR) is 93.7 cm³/mol. The van der Waals surface area contributed by atoms with E-state index in [1.54, 1.807) is 23.1 Å². The second-order valence-corrected chi connectivity index (χ2v) is 6.51. The summed E-state index contributed by atoms with van der Waals surface area (Å²) in [6.07, 6.45) is -1.69. The normalized spacial score (nSPS) is 14.9. The number of aromatic hydroxyl groups is 1. The van der Waals surface area contributed by atoms with E-state index in [2.05, 4.69) is 0 Å². The Labute approximate surface area is 154 Å². The molecular weight excluding hydrogens is 359 g/mol. The van der Waals surface area contributed by atoms with Crippen molar-refractivity contribution in [2.75, 3.05) is 13.1 Å². The first-order valence-electron chi connectivity index (χ1n) is 8.60. The van der Waals surface area contributed by atoms with Gasteiger partial charge in [-0.05, 0) is 54.7 Å². The van der Waals surface area contributed by atoms with Gasteiger partial charge in [0.25, 0.3) is 5.91 Å². The number of nitrogens with zero attached hydrogens (tertiary/aromatic N) is 1. The third-order valence-electron chi connectivity index (χ3n) is 4.66. The number of rotatable bonds is 3. The lowest BCUT2D eigenvalue weighted by atomic mass is 9.97. The van der Waals surface area contributed by atoms with Crippen LogP contribution in [0.4, 0.5) is 13.2 Å². The Bertz CT molecular complexity index is 871. The lowest BCUT2D eigenvalue weighted by Gasteiger charge is -2.26. The topological polar surface area (TPSA) is 57.6 Å². The Morgan fingerprint density at radius 2 is 1.74 bits per heavy atom. The average molecular weight is 377 g/mol. The number of hydrogen-bond donors (Lipinski definition) is 1. The van der Waals surface area contributed by atoms with Gasteiger partial charge in [-0.3, -0.25) is 9.59 Å². The molecule has 0 unspecified atom stereocenters. The van der Waals surface area contributed by atoms with Gasteiger partial charge < -0.3 is 10.0 Å². The number of likely N-dealkylation sites (tertiary alicyclic amines) is 1. The quantitative estimate of drug-likeness (QED) is 0.801. The first kappa shape index (κ1) is 18.9. The summed E-state index contributed by atoms with van der Waals surface area (Å²) in [7, 11) is 0. The summed E-state index contributed by atoms with van der Waals surface area (Å²) in [6.45, 7) is 1.32. The molecule has 1 heterocycles. The maximum absolute atomic E-state index is 13.2. The van der Waals surface area contributed by atoms with Crippen molar-refractivity contribution in [3.63, 3.8) is 0 Å². The Balaban J connectivity index is 2.02. The van der Waals surface area contributed by atoms with Crippen molar-refractivity contribution in [2.24, 2.45) is 0 Å². The van der Waals surface area contributed by atoms with E-state index in [0.717, 1.165) is 25.3 Å². The van der Waals surface area contributed by atoms with Gasteiger partial charge in [0.15, 0.2) is 6.29 Å². The lowest BCUT2D eigenvalue weighted by molar-refractivity contribution is -0.138. The molecule has 1 saturated heterocycles. The van der Waals surface area contributed by atoms with Gasteiger partial charge in [-0.25, -0.2) is 0 Å². The van der Waals surface area contributed by atoms with Crippen LogP contribution in [0.3, 0.4) is 0 Å². The van der Waals surface area contributed by atoms with Crippen molar-refractivity contribution in [3.05, 3.63) is 53.1 Å². The number of aldehydes is 1. The summed E-state index contributed by atoms with van der Waals surface area (Å²) in [5.41, 5.74) is -0.881. The van der Waals surface area contributed by atoms with Crippen molar-refractivity contribution < 1.29 is 27.9 Å². The fraction of sp³-hybridized carbons (Fsp3) is 0.300. The highest BCUT2D eigenvalue weighted by Gasteiger charge is 2.35. The standard InChI is InChI=1S/C20H18F3NO3/c21-20(22,23)17-11-15(10-16(12-25)18(17)26)13-5-4-6-14(9-13)19(27)24-7-2-1-3-8-24/h4-6,9-12,26H,1-3,7-8H2. The predicted octanol–water partition coefficient (Wildman–Crippen LogP) is 4.52. The minimum absolute atomic E-state index is 0.107. The molecule has 3 rings (SSSR count). The molecule has 1 N–H and O–H groups in total. The Morgan fingerprint density at radius 3 is 2.37 bits per heavy atom. The van der Waals surface area contributed by atoms with Gasteiger partial charge in [-0.1, -0.05) is 12.1 Å². The molecular formula is C20H18F3NO3. The first-order valence-corrected chi connectivity index (χ1v) is 8.60. The molecule has 0 spiro atoms. The molecule has 2 aromatic rings. The zero-order valence-electron chi connectivity index (χ0n) is 14.4. The second-order valence-electron chi connectivity index (χ2n) is 6.51. The molecule has 0 bridgehead atoms. The highest BCUT2D eigenvalue weighted by Crippen LogP contribution is 2.40. The van der Waals surface area contributed by atoms with Gasteiger partial charge in [0.05, 0.1) is 11.1 Å². The fourth-order valence-corrected chi connectivity index (χ4v) is 3.24. The highest BCUT2D eigenvalue weighted by atomic mass is 19.4. The molecule has 1 aliphatic heterocycles. The molecule has 0 aliphatic carbocycles. The number of amides is 1. The second kappa shape index (κ2) is 7.42. The van der Waals surface area contributed by atoms with Gasteiger partial charge >= 0.3 is 6.18 Å². The van der Waals surface area contributed by atoms with Gasteiger partial charge in [0.1, 0.15) is 5.75 Å². The number of alkyl halides is 3. The zero-order valence-corrected chi connectivity index (χ0v) is 14.4. The zero-order chi connectivity index (χ0) is 19.6. The third-order valence-corrected chi connectivity index (χ3v) is 4.66. The first-order chi connectivity index (χ1) is 12.8. The molecule has 1 fully saturated rings. The van der Waals surface area contributed by atoms with Gasteiger partial charge in [-0.15, -0.1) is 0 Å². The minimum atomic E-state index is -4.81. The van der Waals surface area contributed by atoms with Gasteiger partial charge in [0, 0.05) is 18.7 Å². The van der Waals surface area contributed by atoms with Crippen LogP contribution in [0.2, 0.25) is 0 Å². The smallest absolute Gasteiger partial charge is 0.420 e. The molecule has 0 radical (unpaired) electrons. The molecule has 0 saturated carbocycles. The van der Waals surface area contributed by atoms with Crippen LogP contribution < -0.4 is 0 Å². The Morgan fingerprint density at radius 1 is 1.04 bits per heavy atom. The van der Waals surface area contributed by atoms with E-state index in [0.29, 0.717) is 24.2 Å². The van der Waals surface area contributed by atoms with Gasteiger partial charge in [0.2, 0.25) is 0 Å². The Hall–Kier alpha value is -2.83. The Kier molecular flexibility index (Phi) is 5.21. The molecule has 4 nitrogen and oxygen atoms in total. The fourth-order valence-electron chi connectivity index (χ4n) is 3.24. The van der Waals surface area contributed by atoms with Crippen molar-refractivity contribution in [1.29, 1.82) is 0 Å². The number of phenolic OH excluding ortho intramolecular Hbond substituents is 1. The molecule has 2 aromatic carbocycles. The summed E-state index contributed by atoms with van der Waals surface area (Å²) >= 11 is 0. The highest BCUT2D eigenvalue weighted by molar-refractivity contribution is 5.96. The van der Waals surface area contributed by atoms with Crippen molar-refractivity contribution in [2.45, 2.75) is 25.4 Å². The average Bonchev–Trinajstić information content (AvgIpc) is 2.67. The largest absolute Gasteiger partial charge is 0.507 e. The van der Waals surface area contributed by atoms with Crippen molar-refractivity contribution in [3.8, 4) is 16.9 Å². The van der Waals surface area contributed by atoms with Crippen LogP contribution in [0.15, 0.2) is 36.4 Å².